The molecule has 108 valence electrons. The standard InChI is InChI=1S/C15H17N5S/c1-10-3-4-14(21-10)11-9-15-16-7-5-13(20(15)18-11)12-6-8-17-19(12)2/h3-4,6,8-9,13,16H,5,7H2,1-2H3. The van der Waals surface area contributed by atoms with Crippen LogP contribution in [0.25, 0.3) is 10.6 Å². The smallest absolute Gasteiger partial charge is 0.125 e. The van der Waals surface area contributed by atoms with E-state index in [-0.39, 0.29) is 6.04 Å². The third kappa shape index (κ3) is 2.06. The normalized spacial score (nSPS) is 17.5. The Labute approximate surface area is 127 Å². The van der Waals surface area contributed by atoms with Gasteiger partial charge in [-0.05, 0) is 31.5 Å². The molecule has 0 aromatic carbocycles. The van der Waals surface area contributed by atoms with Gasteiger partial charge in [0, 0.05) is 30.7 Å². The number of hydrogen-bond acceptors (Lipinski definition) is 4. The largest absolute Gasteiger partial charge is 0.370 e. The van der Waals surface area contributed by atoms with Gasteiger partial charge in [0.05, 0.1) is 16.6 Å². The number of nitrogens with zero attached hydrogens (tertiary/aromatic N) is 4. The van der Waals surface area contributed by atoms with Gasteiger partial charge >= 0.3 is 0 Å². The molecule has 4 rings (SSSR count). The molecule has 4 heterocycles. The van der Waals surface area contributed by atoms with Crippen LogP contribution in [0.4, 0.5) is 5.82 Å². The van der Waals surface area contributed by atoms with Gasteiger partial charge < -0.3 is 5.32 Å². The first-order valence-electron chi connectivity index (χ1n) is 7.10. The maximum absolute atomic E-state index is 4.84. The second-order valence-corrected chi connectivity index (χ2v) is 6.67. The van der Waals surface area contributed by atoms with E-state index in [1.165, 1.54) is 15.4 Å². The van der Waals surface area contributed by atoms with Crippen molar-refractivity contribution in [2.75, 3.05) is 11.9 Å². The predicted molar refractivity (Wildman–Crippen MR) is 84.7 cm³/mol. The number of thiophene rings is 1. The summed E-state index contributed by atoms with van der Waals surface area (Å²) in [5.41, 5.74) is 2.25. The van der Waals surface area contributed by atoms with Crippen LogP contribution in [0.2, 0.25) is 0 Å². The van der Waals surface area contributed by atoms with E-state index in [4.69, 9.17) is 5.10 Å². The van der Waals surface area contributed by atoms with Crippen molar-refractivity contribution >= 4 is 17.2 Å². The molecule has 1 N–H and O–H groups in total. The van der Waals surface area contributed by atoms with Crippen LogP contribution in [-0.4, -0.2) is 26.1 Å². The maximum Gasteiger partial charge on any atom is 0.125 e. The van der Waals surface area contributed by atoms with Crippen LogP contribution in [0.1, 0.15) is 23.0 Å². The Hall–Kier alpha value is -2.08. The molecular formula is C15H17N5S. The summed E-state index contributed by atoms with van der Waals surface area (Å²) in [4.78, 5) is 2.53. The van der Waals surface area contributed by atoms with Crippen molar-refractivity contribution in [2.24, 2.45) is 7.05 Å². The van der Waals surface area contributed by atoms with Crippen LogP contribution >= 0.6 is 11.3 Å². The molecule has 1 unspecified atom stereocenters. The van der Waals surface area contributed by atoms with E-state index in [0.29, 0.717) is 0 Å². The summed E-state index contributed by atoms with van der Waals surface area (Å²) in [6.45, 7) is 3.09. The quantitative estimate of drug-likeness (QED) is 0.791. The van der Waals surface area contributed by atoms with E-state index in [1.807, 2.05) is 17.9 Å². The Balaban J connectivity index is 1.78. The molecule has 6 heteroatoms. The van der Waals surface area contributed by atoms with Crippen LogP contribution < -0.4 is 5.32 Å². The first-order chi connectivity index (χ1) is 10.2. The summed E-state index contributed by atoms with van der Waals surface area (Å²) in [5.74, 6) is 1.09. The summed E-state index contributed by atoms with van der Waals surface area (Å²) in [7, 11) is 1.99. The number of aromatic nitrogens is 4. The second-order valence-electron chi connectivity index (χ2n) is 5.38. The molecule has 1 aliphatic heterocycles. The van der Waals surface area contributed by atoms with Crippen molar-refractivity contribution in [3.63, 3.8) is 0 Å². The number of fused-ring (bicyclic) bond motifs is 1. The van der Waals surface area contributed by atoms with Crippen molar-refractivity contribution in [1.29, 1.82) is 0 Å². The van der Waals surface area contributed by atoms with E-state index >= 15 is 0 Å². The molecule has 1 atom stereocenters. The van der Waals surface area contributed by atoms with Crippen LogP contribution in [0.15, 0.2) is 30.5 Å². The van der Waals surface area contributed by atoms with Gasteiger partial charge in [0.25, 0.3) is 0 Å². The lowest BCUT2D eigenvalue weighted by molar-refractivity contribution is 0.453. The lowest BCUT2D eigenvalue weighted by Gasteiger charge is -2.25. The molecule has 0 fully saturated rings. The number of rotatable bonds is 2. The zero-order valence-corrected chi connectivity index (χ0v) is 12.9. The molecule has 0 aliphatic carbocycles. The summed E-state index contributed by atoms with van der Waals surface area (Å²) in [5, 5.41) is 12.6. The lowest BCUT2D eigenvalue weighted by atomic mass is 10.1. The SMILES string of the molecule is Cc1ccc(-c2cc3n(n2)C(c2ccnn2C)CCN3)s1. The summed E-state index contributed by atoms with van der Waals surface area (Å²) in [6, 6.07) is 8.77. The summed E-state index contributed by atoms with van der Waals surface area (Å²) < 4.78 is 4.04. The van der Waals surface area contributed by atoms with E-state index in [2.05, 4.69) is 46.3 Å². The van der Waals surface area contributed by atoms with Crippen LogP contribution in [-0.2, 0) is 7.05 Å². The molecule has 3 aromatic rings. The topological polar surface area (TPSA) is 47.7 Å². The molecule has 0 saturated carbocycles. The molecule has 0 radical (unpaired) electrons. The molecule has 0 saturated heterocycles. The molecular weight excluding hydrogens is 282 g/mol. The Kier molecular flexibility index (Phi) is 2.85. The Morgan fingerprint density at radius 2 is 2.24 bits per heavy atom. The van der Waals surface area contributed by atoms with E-state index in [1.54, 1.807) is 11.3 Å². The first kappa shape index (κ1) is 12.6. The molecule has 21 heavy (non-hydrogen) atoms. The molecule has 1 aliphatic rings. The third-order valence-electron chi connectivity index (χ3n) is 3.95. The maximum atomic E-state index is 4.84. The minimum absolute atomic E-state index is 0.253. The highest BCUT2D eigenvalue weighted by Gasteiger charge is 2.25. The van der Waals surface area contributed by atoms with Crippen molar-refractivity contribution in [3.05, 3.63) is 41.0 Å². The third-order valence-corrected chi connectivity index (χ3v) is 4.97. The fourth-order valence-electron chi connectivity index (χ4n) is 2.90. The number of anilines is 1. The van der Waals surface area contributed by atoms with Gasteiger partial charge in [-0.1, -0.05) is 0 Å². The summed E-state index contributed by atoms with van der Waals surface area (Å²) >= 11 is 1.78. The van der Waals surface area contributed by atoms with Gasteiger partial charge in [-0.2, -0.15) is 10.2 Å². The summed E-state index contributed by atoms with van der Waals surface area (Å²) in [6.07, 6.45) is 2.88. The molecule has 5 nitrogen and oxygen atoms in total. The highest BCUT2D eigenvalue weighted by Crippen LogP contribution is 2.34. The van der Waals surface area contributed by atoms with Crippen molar-refractivity contribution in [2.45, 2.75) is 19.4 Å². The molecule has 0 spiro atoms. The van der Waals surface area contributed by atoms with E-state index < -0.39 is 0 Å². The highest BCUT2D eigenvalue weighted by atomic mass is 32.1. The lowest BCUT2D eigenvalue weighted by Crippen LogP contribution is -2.25. The number of hydrogen-bond donors (Lipinski definition) is 1. The van der Waals surface area contributed by atoms with Crippen LogP contribution in [0.5, 0.6) is 0 Å². The molecule has 3 aromatic heterocycles. The number of nitrogens with one attached hydrogen (secondary N) is 1. The zero-order chi connectivity index (χ0) is 14.4. The minimum atomic E-state index is 0.253. The van der Waals surface area contributed by atoms with Gasteiger partial charge in [0.15, 0.2) is 0 Å². The van der Waals surface area contributed by atoms with Gasteiger partial charge in [-0.25, -0.2) is 4.68 Å². The van der Waals surface area contributed by atoms with Gasteiger partial charge in [0.2, 0.25) is 0 Å². The number of aryl methyl sites for hydroxylation is 2. The monoisotopic (exact) mass is 299 g/mol. The zero-order valence-electron chi connectivity index (χ0n) is 12.1. The first-order valence-corrected chi connectivity index (χ1v) is 7.92. The van der Waals surface area contributed by atoms with Gasteiger partial charge in [0.1, 0.15) is 11.5 Å². The van der Waals surface area contributed by atoms with Gasteiger partial charge in [-0.15, -0.1) is 11.3 Å². The fraction of sp³-hybridized carbons (Fsp3) is 0.333. The molecule has 0 amide bonds. The molecule has 0 bridgehead atoms. The Morgan fingerprint density at radius 3 is 2.95 bits per heavy atom. The average Bonchev–Trinajstić information content (AvgIpc) is 3.16. The predicted octanol–water partition coefficient (Wildman–Crippen LogP) is 3.06. The minimum Gasteiger partial charge on any atom is -0.370 e. The van der Waals surface area contributed by atoms with E-state index in [9.17, 15) is 0 Å². The highest BCUT2D eigenvalue weighted by molar-refractivity contribution is 7.15. The average molecular weight is 299 g/mol. The van der Waals surface area contributed by atoms with Crippen molar-refractivity contribution in [3.8, 4) is 10.6 Å². The van der Waals surface area contributed by atoms with E-state index in [0.717, 1.165) is 24.5 Å². The van der Waals surface area contributed by atoms with Crippen LogP contribution in [0.3, 0.4) is 0 Å². The Bertz CT molecular complexity index is 782. The van der Waals surface area contributed by atoms with Gasteiger partial charge in [-0.3, -0.25) is 4.68 Å². The second kappa shape index (κ2) is 4.73. The van der Waals surface area contributed by atoms with Crippen molar-refractivity contribution in [1.82, 2.24) is 19.6 Å². The van der Waals surface area contributed by atoms with Crippen molar-refractivity contribution < 1.29 is 0 Å². The van der Waals surface area contributed by atoms with Crippen LogP contribution in [0, 0.1) is 6.92 Å². The fourth-order valence-corrected chi connectivity index (χ4v) is 3.72. The Morgan fingerprint density at radius 1 is 1.33 bits per heavy atom.